The fraction of sp³-hybridized carbons (Fsp3) is 0.0556. The van der Waals surface area contributed by atoms with Crippen LogP contribution in [0.4, 0.5) is 5.82 Å². The minimum atomic E-state index is -0.298. The van der Waals surface area contributed by atoms with Crippen LogP contribution in [-0.4, -0.2) is 20.8 Å². The lowest BCUT2D eigenvalue weighted by molar-refractivity contribution is -0.113. The Labute approximate surface area is 159 Å². The smallest absolute Gasteiger partial charge is 0.275 e. The van der Waals surface area contributed by atoms with Crippen LogP contribution in [0.5, 0.6) is 0 Å². The maximum Gasteiger partial charge on any atom is 0.275 e. The second-order valence-electron chi connectivity index (χ2n) is 5.67. The minimum Gasteiger partial charge on any atom is -0.355 e. The fourth-order valence-electron chi connectivity index (χ4n) is 2.88. The second kappa shape index (κ2) is 6.82. The Morgan fingerprint density at radius 3 is 2.73 bits per heavy atom. The van der Waals surface area contributed by atoms with Crippen LogP contribution < -0.4 is 10.6 Å². The summed E-state index contributed by atoms with van der Waals surface area (Å²) in [6.07, 6.45) is 10.2. The molecule has 0 fully saturated rings. The van der Waals surface area contributed by atoms with Gasteiger partial charge in [0.1, 0.15) is 24.0 Å². The lowest BCUT2D eigenvalue weighted by Gasteiger charge is -2.26. The average Bonchev–Trinajstić information content (AvgIpc) is 3.02. The number of anilines is 1. The highest BCUT2D eigenvalue weighted by molar-refractivity contribution is 6.34. The van der Waals surface area contributed by atoms with Crippen LogP contribution in [0.2, 0.25) is 10.0 Å². The summed E-state index contributed by atoms with van der Waals surface area (Å²) < 4.78 is 0. The van der Waals surface area contributed by atoms with Crippen LogP contribution in [0.15, 0.2) is 72.6 Å². The van der Waals surface area contributed by atoms with Gasteiger partial charge in [-0.05, 0) is 42.0 Å². The SMILES string of the molecule is O=C(Nc1ccncn1)C1=C2C=CC=CN2C(c2cc(Cl)cc(Cl)c2)N1. The quantitative estimate of drug-likeness (QED) is 0.843. The molecule has 3 heterocycles. The van der Waals surface area contributed by atoms with E-state index in [2.05, 4.69) is 20.6 Å². The van der Waals surface area contributed by atoms with Crippen molar-refractivity contribution in [3.63, 3.8) is 0 Å². The number of hydrogen-bond donors (Lipinski definition) is 2. The molecule has 6 nitrogen and oxygen atoms in total. The number of benzene rings is 1. The number of carbonyl (C=O) groups is 1. The van der Waals surface area contributed by atoms with E-state index in [0.717, 1.165) is 11.3 Å². The first kappa shape index (κ1) is 16.6. The molecule has 2 aliphatic heterocycles. The Kier molecular flexibility index (Phi) is 4.36. The summed E-state index contributed by atoms with van der Waals surface area (Å²) in [4.78, 5) is 22.6. The van der Waals surface area contributed by atoms with Gasteiger partial charge < -0.3 is 15.5 Å². The third kappa shape index (κ3) is 3.16. The van der Waals surface area contributed by atoms with E-state index in [4.69, 9.17) is 23.2 Å². The van der Waals surface area contributed by atoms with Gasteiger partial charge in [0.25, 0.3) is 5.91 Å². The molecule has 26 heavy (non-hydrogen) atoms. The number of carbonyl (C=O) groups excluding carboxylic acids is 1. The minimum absolute atomic E-state index is 0.292. The van der Waals surface area contributed by atoms with Gasteiger partial charge in [0, 0.05) is 22.4 Å². The monoisotopic (exact) mass is 385 g/mol. The van der Waals surface area contributed by atoms with Crippen LogP contribution in [0.3, 0.4) is 0 Å². The van der Waals surface area contributed by atoms with Crippen molar-refractivity contribution in [3.05, 3.63) is 88.2 Å². The van der Waals surface area contributed by atoms with E-state index in [1.165, 1.54) is 6.33 Å². The highest BCUT2D eigenvalue weighted by Crippen LogP contribution is 2.36. The van der Waals surface area contributed by atoms with Crippen molar-refractivity contribution in [1.29, 1.82) is 0 Å². The van der Waals surface area contributed by atoms with Gasteiger partial charge in [0.2, 0.25) is 0 Å². The number of aromatic nitrogens is 2. The molecule has 4 rings (SSSR count). The zero-order valence-corrected chi connectivity index (χ0v) is 14.9. The molecule has 0 saturated heterocycles. The first-order valence-corrected chi connectivity index (χ1v) is 8.55. The van der Waals surface area contributed by atoms with Crippen LogP contribution in [0.1, 0.15) is 11.7 Å². The topological polar surface area (TPSA) is 70.2 Å². The Bertz CT molecular complexity index is 935. The summed E-state index contributed by atoms with van der Waals surface area (Å²) in [6.45, 7) is 0. The molecule has 0 spiro atoms. The number of rotatable bonds is 3. The van der Waals surface area contributed by atoms with Crippen LogP contribution in [-0.2, 0) is 4.79 Å². The molecule has 1 atom stereocenters. The molecule has 1 aromatic heterocycles. The Morgan fingerprint density at radius 1 is 1.19 bits per heavy atom. The second-order valence-corrected chi connectivity index (χ2v) is 6.54. The molecule has 1 amide bonds. The Morgan fingerprint density at radius 2 is 2.00 bits per heavy atom. The molecule has 2 aliphatic rings. The van der Waals surface area contributed by atoms with Gasteiger partial charge >= 0.3 is 0 Å². The number of nitrogens with zero attached hydrogens (tertiary/aromatic N) is 3. The lowest BCUT2D eigenvalue weighted by Crippen LogP contribution is -2.28. The zero-order chi connectivity index (χ0) is 18.1. The molecular weight excluding hydrogens is 373 g/mol. The lowest BCUT2D eigenvalue weighted by atomic mass is 10.1. The molecule has 130 valence electrons. The molecule has 0 aliphatic carbocycles. The van der Waals surface area contributed by atoms with Crippen molar-refractivity contribution in [3.8, 4) is 0 Å². The number of nitrogens with one attached hydrogen (secondary N) is 2. The van der Waals surface area contributed by atoms with Gasteiger partial charge in [0.05, 0.1) is 5.70 Å². The first-order chi connectivity index (χ1) is 12.6. The van der Waals surface area contributed by atoms with Crippen molar-refractivity contribution in [2.75, 3.05) is 5.32 Å². The van der Waals surface area contributed by atoms with E-state index in [1.807, 2.05) is 41.5 Å². The number of halogens is 2. The van der Waals surface area contributed by atoms with E-state index < -0.39 is 0 Å². The van der Waals surface area contributed by atoms with E-state index in [-0.39, 0.29) is 12.1 Å². The summed E-state index contributed by atoms with van der Waals surface area (Å²) in [5.41, 5.74) is 2.04. The van der Waals surface area contributed by atoms with Gasteiger partial charge in [-0.25, -0.2) is 9.97 Å². The number of amides is 1. The fourth-order valence-corrected chi connectivity index (χ4v) is 3.42. The van der Waals surface area contributed by atoms with Crippen LogP contribution >= 0.6 is 23.2 Å². The van der Waals surface area contributed by atoms with E-state index in [0.29, 0.717) is 21.6 Å². The normalized spacial score (nSPS) is 17.9. The van der Waals surface area contributed by atoms with Crippen molar-refractivity contribution < 1.29 is 4.79 Å². The molecule has 0 bridgehead atoms. The summed E-state index contributed by atoms with van der Waals surface area (Å²) in [7, 11) is 0. The predicted octanol–water partition coefficient (Wildman–Crippen LogP) is 3.62. The van der Waals surface area contributed by atoms with Gasteiger partial charge in [-0.15, -0.1) is 0 Å². The van der Waals surface area contributed by atoms with Crippen molar-refractivity contribution >= 4 is 34.9 Å². The molecule has 1 aromatic carbocycles. The molecule has 2 N–H and O–H groups in total. The van der Waals surface area contributed by atoms with Crippen molar-refractivity contribution in [1.82, 2.24) is 20.2 Å². The maximum absolute atomic E-state index is 12.8. The largest absolute Gasteiger partial charge is 0.355 e. The summed E-state index contributed by atoms with van der Waals surface area (Å²) in [5.74, 6) is 0.135. The van der Waals surface area contributed by atoms with Crippen LogP contribution in [0.25, 0.3) is 0 Å². The predicted molar refractivity (Wildman–Crippen MR) is 100 cm³/mol. The molecular formula is C18H13Cl2N5O. The highest BCUT2D eigenvalue weighted by Gasteiger charge is 2.34. The Balaban J connectivity index is 1.66. The van der Waals surface area contributed by atoms with Gasteiger partial charge in [-0.3, -0.25) is 4.79 Å². The molecule has 2 aromatic rings. The van der Waals surface area contributed by atoms with Crippen molar-refractivity contribution in [2.24, 2.45) is 0 Å². The average molecular weight is 386 g/mol. The third-order valence-corrected chi connectivity index (χ3v) is 4.39. The maximum atomic E-state index is 12.8. The summed E-state index contributed by atoms with van der Waals surface area (Å²) >= 11 is 12.3. The molecule has 8 heteroatoms. The van der Waals surface area contributed by atoms with Gasteiger partial charge in [0.15, 0.2) is 0 Å². The first-order valence-electron chi connectivity index (χ1n) is 7.79. The van der Waals surface area contributed by atoms with Crippen LogP contribution in [0, 0.1) is 0 Å². The number of hydrogen-bond acceptors (Lipinski definition) is 5. The number of fused-ring (bicyclic) bond motifs is 1. The van der Waals surface area contributed by atoms with Gasteiger partial charge in [-0.2, -0.15) is 0 Å². The zero-order valence-electron chi connectivity index (χ0n) is 13.4. The third-order valence-electron chi connectivity index (χ3n) is 3.96. The van der Waals surface area contributed by atoms with E-state index in [1.54, 1.807) is 18.3 Å². The highest BCUT2D eigenvalue weighted by atomic mass is 35.5. The Hall–Kier alpha value is -2.83. The molecule has 0 radical (unpaired) electrons. The van der Waals surface area contributed by atoms with Crippen molar-refractivity contribution in [2.45, 2.75) is 6.17 Å². The number of allylic oxidation sites excluding steroid dienone is 3. The molecule has 0 saturated carbocycles. The standard InChI is InChI=1S/C18H13Cl2N5O/c19-12-7-11(8-13(20)9-12)17-24-16(14-3-1-2-6-25(14)17)18(26)23-15-4-5-21-10-22-15/h1-10,17,24H,(H,21,22,23,26). The summed E-state index contributed by atoms with van der Waals surface area (Å²) in [6, 6.07) is 6.94. The molecule has 1 unspecified atom stereocenters. The van der Waals surface area contributed by atoms with E-state index in [9.17, 15) is 4.79 Å². The van der Waals surface area contributed by atoms with E-state index >= 15 is 0 Å². The van der Waals surface area contributed by atoms with Gasteiger partial charge in [-0.1, -0.05) is 29.3 Å². The summed E-state index contributed by atoms with van der Waals surface area (Å²) in [5, 5.41) is 7.09.